The number of hydrogen-bond donors (Lipinski definition) is 0. The van der Waals surface area contributed by atoms with Gasteiger partial charge in [0.2, 0.25) is 0 Å². The molecule has 1 fully saturated rings. The van der Waals surface area contributed by atoms with Crippen molar-refractivity contribution >= 4 is 22.8 Å². The van der Waals surface area contributed by atoms with Crippen LogP contribution in [0.15, 0.2) is 48.7 Å². The number of nitrogens with zero attached hydrogens (tertiary/aromatic N) is 4. The summed E-state index contributed by atoms with van der Waals surface area (Å²) in [6, 6.07) is 13.8. The highest BCUT2D eigenvalue weighted by atomic mass is 16.2. The first-order valence-corrected chi connectivity index (χ1v) is 8.95. The molecule has 1 saturated heterocycles. The number of anilines is 1. The predicted octanol–water partition coefficient (Wildman–Crippen LogP) is 3.21. The van der Waals surface area contributed by atoms with E-state index in [2.05, 4.69) is 16.8 Å². The molecule has 0 atom stereocenters. The van der Waals surface area contributed by atoms with Crippen LogP contribution in [-0.2, 0) is 0 Å². The van der Waals surface area contributed by atoms with E-state index in [-0.39, 0.29) is 5.91 Å². The van der Waals surface area contributed by atoms with Gasteiger partial charge in [0.05, 0.1) is 17.2 Å². The second-order valence-electron chi connectivity index (χ2n) is 6.80. The first-order valence-electron chi connectivity index (χ1n) is 8.95. The summed E-state index contributed by atoms with van der Waals surface area (Å²) in [5, 5.41) is 0. The fourth-order valence-electron chi connectivity index (χ4n) is 3.30. The fraction of sp³-hybridized carbons (Fsp3) is 0.286. The lowest BCUT2D eigenvalue weighted by molar-refractivity contribution is 0.0746. The Morgan fingerprint density at radius 1 is 0.923 bits per heavy atom. The number of para-hydroxylation sites is 2. The van der Waals surface area contributed by atoms with Gasteiger partial charge in [0.25, 0.3) is 5.91 Å². The molecule has 26 heavy (non-hydrogen) atoms. The van der Waals surface area contributed by atoms with Crippen LogP contribution in [0.25, 0.3) is 11.0 Å². The second-order valence-corrected chi connectivity index (χ2v) is 6.80. The molecule has 5 nitrogen and oxygen atoms in total. The molecule has 0 spiro atoms. The third-order valence-electron chi connectivity index (χ3n) is 5.08. The van der Waals surface area contributed by atoms with Gasteiger partial charge in [0, 0.05) is 31.7 Å². The first-order chi connectivity index (χ1) is 12.6. The van der Waals surface area contributed by atoms with Crippen molar-refractivity contribution < 1.29 is 4.79 Å². The smallest absolute Gasteiger partial charge is 0.253 e. The highest BCUT2D eigenvalue weighted by molar-refractivity contribution is 5.94. The third-order valence-corrected chi connectivity index (χ3v) is 5.08. The predicted molar refractivity (Wildman–Crippen MR) is 104 cm³/mol. The lowest BCUT2D eigenvalue weighted by Gasteiger charge is -2.35. The number of piperazine rings is 1. The number of benzene rings is 2. The largest absolute Gasteiger partial charge is 0.352 e. The minimum Gasteiger partial charge on any atom is -0.352 e. The van der Waals surface area contributed by atoms with Crippen molar-refractivity contribution in [3.8, 4) is 0 Å². The molecule has 1 amide bonds. The third kappa shape index (κ3) is 3.12. The number of aromatic nitrogens is 2. The van der Waals surface area contributed by atoms with E-state index >= 15 is 0 Å². The Morgan fingerprint density at radius 3 is 2.38 bits per heavy atom. The van der Waals surface area contributed by atoms with Crippen molar-refractivity contribution in [1.29, 1.82) is 0 Å². The number of hydrogen-bond acceptors (Lipinski definition) is 4. The van der Waals surface area contributed by atoms with Crippen molar-refractivity contribution in [2.75, 3.05) is 31.1 Å². The van der Waals surface area contributed by atoms with Crippen LogP contribution in [0.4, 0.5) is 5.82 Å². The van der Waals surface area contributed by atoms with Crippen molar-refractivity contribution in [2.24, 2.45) is 0 Å². The molecule has 4 rings (SSSR count). The molecule has 3 aromatic rings. The van der Waals surface area contributed by atoms with E-state index in [0.717, 1.165) is 41.1 Å². The number of aryl methyl sites for hydroxylation is 2. The van der Waals surface area contributed by atoms with Crippen LogP contribution < -0.4 is 4.90 Å². The van der Waals surface area contributed by atoms with Gasteiger partial charge in [-0.25, -0.2) is 4.98 Å². The molecule has 5 heteroatoms. The zero-order chi connectivity index (χ0) is 18.1. The summed E-state index contributed by atoms with van der Waals surface area (Å²) in [4.78, 5) is 26.1. The molecule has 0 unspecified atom stereocenters. The molecule has 0 saturated carbocycles. The Balaban J connectivity index is 1.46. The molecule has 0 aliphatic carbocycles. The molecule has 2 heterocycles. The Labute approximate surface area is 153 Å². The lowest BCUT2D eigenvalue weighted by Crippen LogP contribution is -2.49. The summed E-state index contributed by atoms with van der Waals surface area (Å²) in [6.07, 6.45) is 1.82. The van der Waals surface area contributed by atoms with Crippen LogP contribution in [0.1, 0.15) is 21.5 Å². The Morgan fingerprint density at radius 2 is 1.65 bits per heavy atom. The Bertz CT molecular complexity index is 961. The minimum atomic E-state index is 0.109. The minimum absolute atomic E-state index is 0.109. The average Bonchev–Trinajstić information content (AvgIpc) is 2.69. The topological polar surface area (TPSA) is 49.3 Å². The maximum absolute atomic E-state index is 12.8. The van der Waals surface area contributed by atoms with Gasteiger partial charge in [-0.15, -0.1) is 0 Å². The molecule has 2 aromatic carbocycles. The number of rotatable bonds is 2. The van der Waals surface area contributed by atoms with Gasteiger partial charge < -0.3 is 9.80 Å². The van der Waals surface area contributed by atoms with Crippen LogP contribution >= 0.6 is 0 Å². The van der Waals surface area contributed by atoms with E-state index in [0.29, 0.717) is 13.1 Å². The van der Waals surface area contributed by atoms with Gasteiger partial charge in [-0.2, -0.15) is 0 Å². The molecule has 0 radical (unpaired) electrons. The monoisotopic (exact) mass is 346 g/mol. The highest BCUT2D eigenvalue weighted by Gasteiger charge is 2.23. The summed E-state index contributed by atoms with van der Waals surface area (Å²) in [5.41, 5.74) is 4.94. The Hall–Kier alpha value is -2.95. The van der Waals surface area contributed by atoms with E-state index < -0.39 is 0 Å². The quantitative estimate of drug-likeness (QED) is 0.715. The molecule has 1 aliphatic heterocycles. The highest BCUT2D eigenvalue weighted by Crippen LogP contribution is 2.18. The summed E-state index contributed by atoms with van der Waals surface area (Å²) < 4.78 is 0. The van der Waals surface area contributed by atoms with Crippen molar-refractivity contribution in [1.82, 2.24) is 14.9 Å². The Kier molecular flexibility index (Phi) is 4.29. The number of amides is 1. The zero-order valence-corrected chi connectivity index (χ0v) is 15.1. The summed E-state index contributed by atoms with van der Waals surface area (Å²) in [5.74, 6) is 0.985. The second kappa shape index (κ2) is 6.75. The fourth-order valence-corrected chi connectivity index (χ4v) is 3.30. The maximum atomic E-state index is 12.8. The molecule has 132 valence electrons. The van der Waals surface area contributed by atoms with E-state index in [1.54, 1.807) is 0 Å². The summed E-state index contributed by atoms with van der Waals surface area (Å²) in [6.45, 7) is 7.03. The van der Waals surface area contributed by atoms with Gasteiger partial charge in [-0.05, 0) is 49.2 Å². The lowest BCUT2D eigenvalue weighted by atomic mass is 10.1. The van der Waals surface area contributed by atoms with Crippen LogP contribution in [0.3, 0.4) is 0 Å². The van der Waals surface area contributed by atoms with Crippen molar-refractivity contribution in [3.63, 3.8) is 0 Å². The summed E-state index contributed by atoms with van der Waals surface area (Å²) >= 11 is 0. The molecule has 0 bridgehead atoms. The van der Waals surface area contributed by atoms with Gasteiger partial charge in [-0.3, -0.25) is 9.78 Å². The van der Waals surface area contributed by atoms with Gasteiger partial charge >= 0.3 is 0 Å². The normalized spacial score (nSPS) is 14.7. The van der Waals surface area contributed by atoms with E-state index in [9.17, 15) is 4.79 Å². The maximum Gasteiger partial charge on any atom is 0.253 e. The van der Waals surface area contributed by atoms with Crippen LogP contribution in [0.5, 0.6) is 0 Å². The van der Waals surface area contributed by atoms with E-state index in [1.165, 1.54) is 5.56 Å². The molecule has 1 aliphatic rings. The number of carbonyl (C=O) groups is 1. The van der Waals surface area contributed by atoms with Crippen molar-refractivity contribution in [2.45, 2.75) is 13.8 Å². The molecule has 0 N–H and O–H groups in total. The SMILES string of the molecule is Cc1ccc(C(=O)N2CCN(c3cnc4ccccc4n3)CC2)cc1C. The number of carbonyl (C=O) groups excluding carboxylic acids is 1. The van der Waals surface area contributed by atoms with Gasteiger partial charge in [-0.1, -0.05) is 18.2 Å². The number of fused-ring (bicyclic) bond motifs is 1. The van der Waals surface area contributed by atoms with Crippen LogP contribution in [0, 0.1) is 13.8 Å². The van der Waals surface area contributed by atoms with E-state index in [1.807, 2.05) is 60.5 Å². The standard InChI is InChI=1S/C21H22N4O/c1-15-7-8-17(13-16(15)2)21(26)25-11-9-24(10-12-25)20-14-22-18-5-3-4-6-19(18)23-20/h3-8,13-14H,9-12H2,1-2H3. The molecular formula is C21H22N4O. The van der Waals surface area contributed by atoms with E-state index in [4.69, 9.17) is 4.98 Å². The van der Waals surface area contributed by atoms with Crippen LogP contribution in [-0.4, -0.2) is 47.0 Å². The molecule has 1 aromatic heterocycles. The van der Waals surface area contributed by atoms with Crippen LogP contribution in [0.2, 0.25) is 0 Å². The zero-order valence-electron chi connectivity index (χ0n) is 15.1. The average molecular weight is 346 g/mol. The van der Waals surface area contributed by atoms with Crippen molar-refractivity contribution in [3.05, 3.63) is 65.4 Å². The first kappa shape index (κ1) is 16.5. The van der Waals surface area contributed by atoms with Gasteiger partial charge in [0.15, 0.2) is 0 Å². The summed E-state index contributed by atoms with van der Waals surface area (Å²) in [7, 11) is 0. The molecular weight excluding hydrogens is 324 g/mol. The van der Waals surface area contributed by atoms with Gasteiger partial charge in [0.1, 0.15) is 5.82 Å².